The first kappa shape index (κ1) is 16.5. The summed E-state index contributed by atoms with van der Waals surface area (Å²) < 4.78 is 5.07. The molecule has 0 N–H and O–H groups in total. The lowest BCUT2D eigenvalue weighted by Crippen LogP contribution is -1.99. The van der Waals surface area contributed by atoms with E-state index < -0.39 is 0 Å². The van der Waals surface area contributed by atoms with Crippen LogP contribution in [-0.2, 0) is 9.57 Å². The summed E-state index contributed by atoms with van der Waals surface area (Å²) in [5.74, 6) is 0. The molecule has 1 aliphatic rings. The Hall–Kier alpha value is -2.39. The number of benzene rings is 2. The van der Waals surface area contributed by atoms with Crippen molar-refractivity contribution >= 4 is 11.8 Å². The van der Waals surface area contributed by atoms with Crippen LogP contribution < -0.4 is 0 Å². The molecule has 0 radical (unpaired) electrons. The highest BCUT2D eigenvalue weighted by atomic mass is 16.6. The Balaban J connectivity index is 1.81. The Kier molecular flexibility index (Phi) is 5.44. The minimum Gasteiger partial charge on any atom is -0.399 e. The van der Waals surface area contributed by atoms with E-state index >= 15 is 0 Å². The number of hydrogen-bond donors (Lipinski definition) is 0. The Morgan fingerprint density at radius 3 is 2.50 bits per heavy atom. The van der Waals surface area contributed by atoms with Gasteiger partial charge in [0.05, 0.1) is 0 Å². The Bertz CT molecular complexity index is 762. The molecule has 0 saturated carbocycles. The van der Waals surface area contributed by atoms with Crippen molar-refractivity contribution in [2.45, 2.75) is 19.3 Å². The maximum atomic E-state index is 5.07. The average Bonchev–Trinajstić information content (AvgIpc) is 2.92. The monoisotopic (exact) mass is 321 g/mol. The molecule has 124 valence electrons. The van der Waals surface area contributed by atoms with Crippen molar-refractivity contribution < 1.29 is 9.57 Å². The SMILES string of the molecule is COCCCC/C=C/c1ccc2c(c1)/C(=N/OC)c1ccccc1-2. The molecule has 24 heavy (non-hydrogen) atoms. The van der Waals surface area contributed by atoms with E-state index in [0.717, 1.165) is 42.7 Å². The van der Waals surface area contributed by atoms with Crippen LogP contribution in [-0.4, -0.2) is 26.5 Å². The molecule has 0 unspecified atom stereocenters. The molecular weight excluding hydrogens is 298 g/mol. The summed E-state index contributed by atoms with van der Waals surface area (Å²) in [7, 11) is 3.34. The molecule has 2 aromatic carbocycles. The van der Waals surface area contributed by atoms with Gasteiger partial charge in [0.15, 0.2) is 0 Å². The van der Waals surface area contributed by atoms with Crippen LogP contribution in [0.25, 0.3) is 17.2 Å². The Labute approximate surface area is 143 Å². The molecule has 0 fully saturated rings. The molecule has 0 amide bonds. The summed E-state index contributed by atoms with van der Waals surface area (Å²) in [5, 5.41) is 4.26. The number of allylic oxidation sites excluding steroid dienone is 1. The van der Waals surface area contributed by atoms with Gasteiger partial charge in [-0.3, -0.25) is 0 Å². The first-order chi connectivity index (χ1) is 11.8. The van der Waals surface area contributed by atoms with E-state index in [1.165, 1.54) is 16.7 Å². The zero-order chi connectivity index (χ0) is 16.8. The van der Waals surface area contributed by atoms with Gasteiger partial charge in [0.2, 0.25) is 0 Å². The minimum atomic E-state index is 0.835. The second-order valence-corrected chi connectivity index (χ2v) is 5.86. The van der Waals surface area contributed by atoms with Gasteiger partial charge in [-0.15, -0.1) is 0 Å². The molecule has 0 atom stereocenters. The van der Waals surface area contributed by atoms with E-state index in [4.69, 9.17) is 9.57 Å². The summed E-state index contributed by atoms with van der Waals surface area (Å²) in [5.41, 5.74) is 6.82. The summed E-state index contributed by atoms with van der Waals surface area (Å²) >= 11 is 0. The van der Waals surface area contributed by atoms with E-state index in [1.807, 2.05) is 6.07 Å². The number of methoxy groups -OCH3 is 1. The molecule has 0 aromatic heterocycles. The van der Waals surface area contributed by atoms with Crippen molar-refractivity contribution in [2.75, 3.05) is 20.8 Å². The van der Waals surface area contributed by atoms with E-state index in [1.54, 1.807) is 14.2 Å². The van der Waals surface area contributed by atoms with Crippen LogP contribution in [0.15, 0.2) is 53.7 Å². The number of unbranched alkanes of at least 4 members (excludes halogenated alkanes) is 2. The normalized spacial score (nSPS) is 14.2. The quantitative estimate of drug-likeness (QED) is 0.458. The van der Waals surface area contributed by atoms with Crippen LogP contribution in [0, 0.1) is 0 Å². The molecule has 0 spiro atoms. The maximum Gasteiger partial charge on any atom is 0.118 e. The maximum absolute atomic E-state index is 5.07. The number of rotatable bonds is 7. The molecule has 3 rings (SSSR count). The fourth-order valence-corrected chi connectivity index (χ4v) is 3.08. The first-order valence-electron chi connectivity index (χ1n) is 8.36. The van der Waals surface area contributed by atoms with Crippen molar-refractivity contribution in [3.63, 3.8) is 0 Å². The van der Waals surface area contributed by atoms with Crippen molar-refractivity contribution in [1.29, 1.82) is 0 Å². The van der Waals surface area contributed by atoms with Crippen LogP contribution in [0.5, 0.6) is 0 Å². The molecule has 0 heterocycles. The van der Waals surface area contributed by atoms with E-state index in [-0.39, 0.29) is 0 Å². The van der Waals surface area contributed by atoms with Gasteiger partial charge in [0.25, 0.3) is 0 Å². The van der Waals surface area contributed by atoms with Gasteiger partial charge in [-0.25, -0.2) is 0 Å². The highest BCUT2D eigenvalue weighted by Gasteiger charge is 2.25. The molecule has 3 heteroatoms. The Morgan fingerprint density at radius 2 is 1.71 bits per heavy atom. The predicted molar refractivity (Wildman–Crippen MR) is 99.3 cm³/mol. The smallest absolute Gasteiger partial charge is 0.118 e. The van der Waals surface area contributed by atoms with E-state index in [0.29, 0.717) is 0 Å². The molecule has 1 aliphatic carbocycles. The second kappa shape index (κ2) is 7.93. The minimum absolute atomic E-state index is 0.835. The van der Waals surface area contributed by atoms with E-state index in [2.05, 4.69) is 53.7 Å². The Morgan fingerprint density at radius 1 is 0.917 bits per heavy atom. The van der Waals surface area contributed by atoms with Gasteiger partial charge in [0.1, 0.15) is 12.8 Å². The number of fused-ring (bicyclic) bond motifs is 3. The van der Waals surface area contributed by atoms with Crippen molar-refractivity contribution in [3.8, 4) is 11.1 Å². The summed E-state index contributed by atoms with van der Waals surface area (Å²) in [4.78, 5) is 5.07. The average molecular weight is 321 g/mol. The largest absolute Gasteiger partial charge is 0.399 e. The fraction of sp³-hybridized carbons (Fsp3) is 0.286. The molecular formula is C21H23NO2. The molecule has 0 saturated heterocycles. The number of hydrogen-bond acceptors (Lipinski definition) is 3. The van der Waals surface area contributed by atoms with Gasteiger partial charge in [-0.05, 0) is 42.0 Å². The standard InChI is InChI=1S/C21H23NO2/c1-23-14-8-4-3-5-9-16-12-13-18-17-10-6-7-11-19(17)21(22-24-2)20(18)15-16/h5-7,9-13,15H,3-4,8,14H2,1-2H3/b9-5+,22-21+. The van der Waals surface area contributed by atoms with Crippen molar-refractivity contribution in [2.24, 2.45) is 5.16 Å². The van der Waals surface area contributed by atoms with Gasteiger partial charge < -0.3 is 9.57 Å². The molecule has 2 aromatic rings. The molecule has 3 nitrogen and oxygen atoms in total. The second-order valence-electron chi connectivity index (χ2n) is 5.86. The summed E-state index contributed by atoms with van der Waals surface area (Å²) in [6.07, 6.45) is 7.73. The van der Waals surface area contributed by atoms with Gasteiger partial charge in [-0.1, -0.05) is 53.7 Å². The summed E-state index contributed by atoms with van der Waals surface area (Å²) in [6.45, 7) is 0.835. The van der Waals surface area contributed by atoms with Crippen LogP contribution in [0.2, 0.25) is 0 Å². The van der Waals surface area contributed by atoms with Crippen LogP contribution >= 0.6 is 0 Å². The topological polar surface area (TPSA) is 30.8 Å². The van der Waals surface area contributed by atoms with Crippen molar-refractivity contribution in [3.05, 3.63) is 65.2 Å². The van der Waals surface area contributed by atoms with Gasteiger partial charge in [0, 0.05) is 24.8 Å². The summed E-state index contributed by atoms with van der Waals surface area (Å²) in [6, 6.07) is 14.9. The third kappa shape index (κ3) is 3.41. The zero-order valence-corrected chi connectivity index (χ0v) is 14.3. The third-order valence-electron chi connectivity index (χ3n) is 4.23. The number of oxime groups is 1. The van der Waals surface area contributed by atoms with Crippen LogP contribution in [0.4, 0.5) is 0 Å². The lowest BCUT2D eigenvalue weighted by molar-refractivity contribution is 0.193. The van der Waals surface area contributed by atoms with Crippen molar-refractivity contribution in [1.82, 2.24) is 0 Å². The predicted octanol–water partition coefficient (Wildman–Crippen LogP) is 4.90. The van der Waals surface area contributed by atoms with Crippen LogP contribution in [0.1, 0.15) is 36.0 Å². The number of ether oxygens (including phenoxy) is 1. The molecule has 0 bridgehead atoms. The molecule has 0 aliphatic heterocycles. The third-order valence-corrected chi connectivity index (χ3v) is 4.23. The van der Waals surface area contributed by atoms with Gasteiger partial charge in [-0.2, -0.15) is 0 Å². The highest BCUT2D eigenvalue weighted by Crippen LogP contribution is 2.37. The number of nitrogens with zero attached hydrogens (tertiary/aromatic N) is 1. The van der Waals surface area contributed by atoms with Crippen LogP contribution in [0.3, 0.4) is 0 Å². The lowest BCUT2D eigenvalue weighted by atomic mass is 10.0. The highest BCUT2D eigenvalue weighted by molar-refractivity contribution is 6.24. The fourth-order valence-electron chi connectivity index (χ4n) is 3.08. The van der Waals surface area contributed by atoms with E-state index in [9.17, 15) is 0 Å². The first-order valence-corrected chi connectivity index (χ1v) is 8.36. The van der Waals surface area contributed by atoms with Gasteiger partial charge >= 0.3 is 0 Å². The lowest BCUT2D eigenvalue weighted by Gasteiger charge is -2.03. The zero-order valence-electron chi connectivity index (χ0n) is 14.3.